The Labute approximate surface area is 228 Å². The van der Waals surface area contributed by atoms with Gasteiger partial charge in [-0.25, -0.2) is 9.59 Å². The topological polar surface area (TPSA) is 259 Å². The Morgan fingerprint density at radius 2 is 0.757 bits per heavy atom. The fraction of sp³-hybridized carbons (Fsp3) is 0.800. The Morgan fingerprint density at radius 1 is 0.541 bits per heavy atom. The van der Waals surface area contributed by atoms with Gasteiger partial charge in [0.25, 0.3) is 0 Å². The van der Waals surface area contributed by atoms with E-state index in [0.717, 1.165) is 9.80 Å². The van der Waals surface area contributed by atoms with E-state index in [-0.39, 0.29) is 41.2 Å². The largest absolute Gasteiger partial charge is 1.00 e. The number of quaternary nitrogens is 2. The van der Waals surface area contributed by atoms with E-state index in [1.165, 1.54) is 0 Å². The summed E-state index contributed by atoms with van der Waals surface area (Å²) in [6, 6.07) is -3.08. The predicted octanol–water partition coefficient (Wildman–Crippen LogP) is -12.2. The average Bonchev–Trinajstić information content (AvgIpc) is 2.72. The minimum absolute atomic E-state index is 0. The van der Waals surface area contributed by atoms with Crippen molar-refractivity contribution in [2.75, 3.05) is 52.4 Å². The molecule has 1 fully saturated rings. The fourth-order valence-electron chi connectivity index (χ4n) is 3.92. The first kappa shape index (κ1) is 45.1. The molecule has 0 aromatic rings. The molecule has 0 unspecified atom stereocenters. The molecule has 0 saturated carbocycles. The van der Waals surface area contributed by atoms with Crippen LogP contribution in [-0.4, -0.2) is 147 Å². The monoisotopic (exact) mass is 586 g/mol. The van der Waals surface area contributed by atoms with Crippen molar-refractivity contribution in [3.8, 4) is 0 Å². The number of nitrogens with one attached hydrogen (secondary N) is 2. The van der Waals surface area contributed by atoms with E-state index in [0.29, 0.717) is 52.4 Å². The van der Waals surface area contributed by atoms with Gasteiger partial charge in [-0.1, -0.05) is 0 Å². The number of rotatable bonds is 8. The van der Waals surface area contributed by atoms with E-state index >= 15 is 0 Å². The number of nitrogens with zero attached hydrogens (tertiary/aromatic N) is 2. The van der Waals surface area contributed by atoms with E-state index in [2.05, 4.69) is 0 Å². The number of carbonyl (C=O) groups is 4. The third-order valence-electron chi connectivity index (χ3n) is 6.66. The lowest BCUT2D eigenvalue weighted by atomic mass is 10.2. The lowest BCUT2D eigenvalue weighted by molar-refractivity contribution is -0.919. The van der Waals surface area contributed by atoms with Gasteiger partial charge in [0.2, 0.25) is 0 Å². The van der Waals surface area contributed by atoms with Crippen molar-refractivity contribution in [1.82, 2.24) is 9.80 Å². The summed E-state index contributed by atoms with van der Waals surface area (Å²) in [5, 5.41) is 38.0. The maximum absolute atomic E-state index is 11.6. The van der Waals surface area contributed by atoms with Crippen LogP contribution in [0.2, 0.25) is 0 Å². The SMILES string of the molecule is C[C@H](C(=O)O)N1CC[NH+]([C@H](C)C(=O)O)CCN([C@H](C)C(=O)O)CC[NH+]([C@H](C)C(=O)O)CC1.O.O.O.[Cl-].[Cl-]. The molecule has 0 amide bonds. The quantitative estimate of drug-likeness (QED) is 0.156. The molecule has 1 saturated heterocycles. The number of hydrogen-bond donors (Lipinski definition) is 6. The molecule has 0 aromatic heterocycles. The van der Waals surface area contributed by atoms with Crippen LogP contribution in [0.5, 0.6) is 0 Å². The van der Waals surface area contributed by atoms with Gasteiger partial charge in [-0.05, 0) is 27.7 Å². The Balaban J connectivity index is -0.000000683. The zero-order chi connectivity index (χ0) is 24.6. The van der Waals surface area contributed by atoms with Crippen molar-refractivity contribution in [2.45, 2.75) is 51.9 Å². The minimum Gasteiger partial charge on any atom is -1.00 e. The highest BCUT2D eigenvalue weighted by Crippen LogP contribution is 2.00. The first-order valence-corrected chi connectivity index (χ1v) is 10.9. The maximum Gasteiger partial charge on any atom is 0.362 e. The number of carboxylic acid groups (broad SMARTS) is 4. The summed E-state index contributed by atoms with van der Waals surface area (Å²) < 4.78 is 0. The van der Waals surface area contributed by atoms with Gasteiger partial charge in [0.1, 0.15) is 12.1 Å². The first-order valence-electron chi connectivity index (χ1n) is 10.9. The van der Waals surface area contributed by atoms with Crippen LogP contribution in [0.4, 0.5) is 0 Å². The Kier molecular flexibility index (Phi) is 25.8. The Morgan fingerprint density at radius 3 is 0.919 bits per heavy atom. The molecule has 12 N–H and O–H groups in total. The number of hydrogen-bond acceptors (Lipinski definition) is 6. The molecule has 0 radical (unpaired) electrons. The summed E-state index contributed by atoms with van der Waals surface area (Å²) in [4.78, 5) is 51.3. The number of aliphatic carboxylic acids is 4. The molecule has 224 valence electrons. The van der Waals surface area contributed by atoms with Crippen molar-refractivity contribution in [3.63, 3.8) is 0 Å². The molecular weight excluding hydrogens is 543 g/mol. The minimum atomic E-state index is -1.00. The van der Waals surface area contributed by atoms with Gasteiger partial charge >= 0.3 is 23.9 Å². The summed E-state index contributed by atoms with van der Waals surface area (Å²) in [6.07, 6.45) is 0. The highest BCUT2D eigenvalue weighted by atomic mass is 35.5. The lowest BCUT2D eigenvalue weighted by Gasteiger charge is -2.35. The lowest BCUT2D eigenvalue weighted by Crippen LogP contribution is -3.18. The molecule has 17 heteroatoms. The molecule has 1 aliphatic rings. The van der Waals surface area contributed by atoms with E-state index in [1.807, 2.05) is 0 Å². The van der Waals surface area contributed by atoms with Gasteiger partial charge < -0.3 is 71.5 Å². The smallest absolute Gasteiger partial charge is 0.362 e. The molecule has 0 bridgehead atoms. The molecule has 15 nitrogen and oxygen atoms in total. The third-order valence-corrected chi connectivity index (χ3v) is 6.66. The van der Waals surface area contributed by atoms with Gasteiger partial charge in [-0.3, -0.25) is 19.4 Å². The Hall–Kier alpha value is -1.82. The van der Waals surface area contributed by atoms with Crippen molar-refractivity contribution in [2.24, 2.45) is 0 Å². The highest BCUT2D eigenvalue weighted by Gasteiger charge is 2.33. The number of halogens is 2. The van der Waals surface area contributed by atoms with E-state index in [9.17, 15) is 39.6 Å². The second-order valence-electron chi connectivity index (χ2n) is 8.54. The van der Waals surface area contributed by atoms with Crippen LogP contribution in [0.1, 0.15) is 27.7 Å². The maximum atomic E-state index is 11.6. The molecule has 0 aliphatic carbocycles. The molecule has 37 heavy (non-hydrogen) atoms. The second kappa shape index (κ2) is 21.2. The summed E-state index contributed by atoms with van der Waals surface area (Å²) in [7, 11) is 0. The molecule has 0 aromatic carbocycles. The first-order chi connectivity index (χ1) is 14.9. The van der Waals surface area contributed by atoms with Crippen molar-refractivity contribution in [3.05, 3.63) is 0 Å². The molecule has 1 heterocycles. The van der Waals surface area contributed by atoms with Crippen molar-refractivity contribution >= 4 is 23.9 Å². The summed E-state index contributed by atoms with van der Waals surface area (Å²) in [6.45, 7) is 9.04. The van der Waals surface area contributed by atoms with Crippen LogP contribution >= 0.6 is 0 Å². The second-order valence-corrected chi connectivity index (χ2v) is 8.54. The highest BCUT2D eigenvalue weighted by molar-refractivity contribution is 5.73. The van der Waals surface area contributed by atoms with Gasteiger partial charge in [0.15, 0.2) is 12.1 Å². The fourth-order valence-corrected chi connectivity index (χ4v) is 3.92. The van der Waals surface area contributed by atoms with Crippen LogP contribution < -0.4 is 34.6 Å². The molecule has 4 atom stereocenters. The average molecular weight is 587 g/mol. The summed E-state index contributed by atoms with van der Waals surface area (Å²) in [5.74, 6) is -3.96. The molecule has 1 rings (SSSR count). The number of carboxylic acids is 4. The van der Waals surface area contributed by atoms with E-state index in [4.69, 9.17) is 0 Å². The van der Waals surface area contributed by atoms with E-state index < -0.39 is 48.0 Å². The summed E-state index contributed by atoms with van der Waals surface area (Å²) >= 11 is 0. The van der Waals surface area contributed by atoms with Crippen molar-refractivity contribution in [1.29, 1.82) is 0 Å². The van der Waals surface area contributed by atoms with Crippen LogP contribution in [0.25, 0.3) is 0 Å². The predicted molar refractivity (Wildman–Crippen MR) is 124 cm³/mol. The standard InChI is InChI=1S/C20H36N4O8.2ClH.3H2O/c1-13(17(25)26)21-5-7-22(14(2)18(27)28)9-11-24(16(4)20(31)32)12-10-23(8-6-21)15(3)19(29)30;;;;;/h13-16H,5-12H2,1-4H3,(H,25,26)(H,27,28)(H,29,30)(H,31,32);2*1H;3*1H2/t13-,14-,15-,16-;;;;;/m1...../s1. The van der Waals surface area contributed by atoms with Gasteiger partial charge in [-0.15, -0.1) is 0 Å². The van der Waals surface area contributed by atoms with Gasteiger partial charge in [0.05, 0.1) is 26.2 Å². The zero-order valence-corrected chi connectivity index (χ0v) is 23.1. The van der Waals surface area contributed by atoms with Gasteiger partial charge in [-0.2, -0.15) is 0 Å². The van der Waals surface area contributed by atoms with E-state index in [1.54, 1.807) is 37.5 Å². The van der Waals surface area contributed by atoms with Crippen LogP contribution in [0.15, 0.2) is 0 Å². The van der Waals surface area contributed by atoms with Crippen LogP contribution in [-0.2, 0) is 19.2 Å². The third kappa shape index (κ3) is 14.1. The van der Waals surface area contributed by atoms with Crippen molar-refractivity contribution < 1.29 is 90.6 Å². The normalized spacial score (nSPS) is 22.5. The zero-order valence-electron chi connectivity index (χ0n) is 21.5. The Bertz CT molecular complexity index is 565. The molecule has 1 aliphatic heterocycles. The molecular formula is C20H44Cl2N4O11. The van der Waals surface area contributed by atoms with Crippen LogP contribution in [0, 0.1) is 0 Å². The van der Waals surface area contributed by atoms with Gasteiger partial charge in [0, 0.05) is 26.2 Å². The molecule has 0 spiro atoms. The van der Waals surface area contributed by atoms with Crippen LogP contribution in [0.3, 0.4) is 0 Å². The summed E-state index contributed by atoms with van der Waals surface area (Å²) in [5.41, 5.74) is 0.